The monoisotopic (exact) mass is 330 g/mol. The number of nitrogens with one attached hydrogen (secondary N) is 1. The number of nitrogens with two attached hydrogens (primary N) is 1. The van der Waals surface area contributed by atoms with Crippen LogP contribution in [0, 0.1) is 0 Å². The van der Waals surface area contributed by atoms with Gasteiger partial charge in [0.25, 0.3) is 5.91 Å². The van der Waals surface area contributed by atoms with Crippen molar-refractivity contribution in [3.05, 3.63) is 58.8 Å². The number of furan rings is 1. The molecule has 0 saturated carbocycles. The van der Waals surface area contributed by atoms with E-state index >= 15 is 0 Å². The summed E-state index contributed by atoms with van der Waals surface area (Å²) >= 11 is 3.37. The number of hydrogen-bond acceptors (Lipinski definition) is 3. The molecule has 0 aliphatic heterocycles. The largest absolute Gasteiger partial charge is 0.449 e. The normalized spacial score (nSPS) is 10.7. The highest BCUT2D eigenvalue weighted by Gasteiger charge is 2.18. The van der Waals surface area contributed by atoms with Crippen LogP contribution in [0.3, 0.4) is 0 Å². The zero-order valence-electron chi connectivity index (χ0n) is 10.4. The molecule has 2 aromatic carbocycles. The third-order valence-electron chi connectivity index (χ3n) is 2.93. The van der Waals surface area contributed by atoms with Gasteiger partial charge in [-0.25, -0.2) is 0 Å². The van der Waals surface area contributed by atoms with Crippen LogP contribution in [0.4, 0.5) is 11.4 Å². The van der Waals surface area contributed by atoms with Gasteiger partial charge in [-0.3, -0.25) is 4.79 Å². The summed E-state index contributed by atoms with van der Waals surface area (Å²) in [5, 5.41) is 3.47. The highest BCUT2D eigenvalue weighted by Crippen LogP contribution is 2.31. The van der Waals surface area contributed by atoms with Crippen molar-refractivity contribution < 1.29 is 9.21 Å². The van der Waals surface area contributed by atoms with Crippen LogP contribution in [0.5, 0.6) is 0 Å². The summed E-state index contributed by atoms with van der Waals surface area (Å²) in [5.41, 5.74) is 7.61. The Morgan fingerprint density at radius 1 is 1.15 bits per heavy atom. The summed E-state index contributed by atoms with van der Waals surface area (Å²) in [6.45, 7) is 0. The van der Waals surface area contributed by atoms with Crippen molar-refractivity contribution in [2.75, 3.05) is 11.1 Å². The van der Waals surface area contributed by atoms with Crippen molar-refractivity contribution in [1.29, 1.82) is 0 Å². The SMILES string of the molecule is Nc1c(C(=O)Nc2ccccc2)oc2ccc(Br)cc12. The van der Waals surface area contributed by atoms with Gasteiger partial charge in [-0.2, -0.15) is 0 Å². The molecule has 1 aromatic heterocycles. The van der Waals surface area contributed by atoms with Gasteiger partial charge in [0.2, 0.25) is 5.76 Å². The average molecular weight is 331 g/mol. The zero-order chi connectivity index (χ0) is 14.1. The van der Waals surface area contributed by atoms with Gasteiger partial charge >= 0.3 is 0 Å². The fraction of sp³-hybridized carbons (Fsp3) is 0. The van der Waals surface area contributed by atoms with Crippen molar-refractivity contribution in [3.63, 3.8) is 0 Å². The van der Waals surface area contributed by atoms with Gasteiger partial charge in [0, 0.05) is 15.5 Å². The topological polar surface area (TPSA) is 68.3 Å². The Morgan fingerprint density at radius 2 is 1.90 bits per heavy atom. The standard InChI is InChI=1S/C15H11BrN2O2/c16-9-6-7-12-11(8-9)13(17)14(20-12)15(19)18-10-4-2-1-3-5-10/h1-8H,17H2,(H,18,19). The van der Waals surface area contributed by atoms with E-state index < -0.39 is 0 Å². The molecule has 3 rings (SSSR count). The number of carbonyl (C=O) groups excluding carboxylic acids is 1. The lowest BCUT2D eigenvalue weighted by atomic mass is 10.2. The molecule has 0 fully saturated rings. The summed E-state index contributed by atoms with van der Waals surface area (Å²) in [6.07, 6.45) is 0. The van der Waals surface area contributed by atoms with Crippen molar-refractivity contribution in [3.8, 4) is 0 Å². The lowest BCUT2D eigenvalue weighted by molar-refractivity contribution is 0.1000. The molecule has 0 bridgehead atoms. The molecule has 5 heteroatoms. The summed E-state index contributed by atoms with van der Waals surface area (Å²) in [7, 11) is 0. The fourth-order valence-electron chi connectivity index (χ4n) is 1.97. The Morgan fingerprint density at radius 3 is 2.65 bits per heavy atom. The molecule has 20 heavy (non-hydrogen) atoms. The van der Waals surface area contributed by atoms with Gasteiger partial charge in [-0.1, -0.05) is 34.1 Å². The van der Waals surface area contributed by atoms with Gasteiger partial charge in [0.15, 0.2) is 0 Å². The first-order chi connectivity index (χ1) is 9.65. The number of anilines is 2. The zero-order valence-corrected chi connectivity index (χ0v) is 12.0. The van der Waals surface area contributed by atoms with Gasteiger partial charge < -0.3 is 15.5 Å². The molecule has 3 aromatic rings. The lowest BCUT2D eigenvalue weighted by Crippen LogP contribution is -2.12. The average Bonchev–Trinajstić information content (AvgIpc) is 2.77. The maximum Gasteiger partial charge on any atom is 0.293 e. The van der Waals surface area contributed by atoms with Crippen molar-refractivity contribution in [1.82, 2.24) is 0 Å². The lowest BCUT2D eigenvalue weighted by Gasteiger charge is -2.02. The molecule has 0 saturated heterocycles. The molecule has 0 radical (unpaired) electrons. The summed E-state index contributed by atoms with van der Waals surface area (Å²) in [4.78, 5) is 12.2. The van der Waals surface area contributed by atoms with E-state index in [0.29, 0.717) is 17.0 Å². The first-order valence-corrected chi connectivity index (χ1v) is 6.78. The Labute approximate surface area is 123 Å². The third kappa shape index (κ3) is 2.28. The minimum Gasteiger partial charge on any atom is -0.449 e. The molecule has 0 unspecified atom stereocenters. The molecule has 0 aliphatic carbocycles. The number of rotatable bonds is 2. The first kappa shape index (κ1) is 12.7. The molecule has 100 valence electrons. The van der Waals surface area contributed by atoms with Crippen LogP contribution in [0.2, 0.25) is 0 Å². The molecule has 3 N–H and O–H groups in total. The number of hydrogen-bond donors (Lipinski definition) is 2. The first-order valence-electron chi connectivity index (χ1n) is 5.99. The van der Waals surface area contributed by atoms with E-state index in [1.807, 2.05) is 30.3 Å². The van der Waals surface area contributed by atoms with Crippen molar-refractivity contribution >= 4 is 44.2 Å². The van der Waals surface area contributed by atoms with Crippen molar-refractivity contribution in [2.24, 2.45) is 0 Å². The quantitative estimate of drug-likeness (QED) is 0.745. The predicted molar refractivity (Wildman–Crippen MR) is 82.7 cm³/mol. The van der Waals surface area contributed by atoms with Crippen LogP contribution in [0.15, 0.2) is 57.4 Å². The molecule has 1 amide bonds. The van der Waals surface area contributed by atoms with Crippen LogP contribution in [-0.2, 0) is 0 Å². The molecule has 1 heterocycles. The van der Waals surface area contributed by atoms with E-state index in [9.17, 15) is 4.79 Å². The van der Waals surface area contributed by atoms with Crippen LogP contribution in [0.25, 0.3) is 11.0 Å². The minimum atomic E-state index is -0.360. The van der Waals surface area contributed by atoms with E-state index in [0.717, 1.165) is 9.86 Å². The van der Waals surface area contributed by atoms with Gasteiger partial charge in [-0.15, -0.1) is 0 Å². The number of fused-ring (bicyclic) bond motifs is 1. The smallest absolute Gasteiger partial charge is 0.293 e. The molecular weight excluding hydrogens is 320 g/mol. The maximum atomic E-state index is 12.2. The van der Waals surface area contributed by atoms with E-state index in [2.05, 4.69) is 21.2 Å². The molecule has 0 spiro atoms. The fourth-order valence-corrected chi connectivity index (χ4v) is 2.33. The van der Waals surface area contributed by atoms with E-state index in [-0.39, 0.29) is 11.7 Å². The molecule has 0 aliphatic rings. The second-order valence-electron chi connectivity index (χ2n) is 4.31. The van der Waals surface area contributed by atoms with Crippen LogP contribution in [0.1, 0.15) is 10.6 Å². The summed E-state index contributed by atoms with van der Waals surface area (Å²) in [6, 6.07) is 14.6. The Hall–Kier alpha value is -2.27. The van der Waals surface area contributed by atoms with Crippen LogP contribution < -0.4 is 11.1 Å². The van der Waals surface area contributed by atoms with Crippen LogP contribution in [-0.4, -0.2) is 5.91 Å². The van der Waals surface area contributed by atoms with E-state index in [4.69, 9.17) is 10.2 Å². The minimum absolute atomic E-state index is 0.127. The Bertz CT molecular complexity index is 781. The van der Waals surface area contributed by atoms with Gasteiger partial charge in [-0.05, 0) is 30.3 Å². The van der Waals surface area contributed by atoms with Gasteiger partial charge in [0.05, 0.1) is 5.69 Å². The highest BCUT2D eigenvalue weighted by atomic mass is 79.9. The molecular formula is C15H11BrN2O2. The van der Waals surface area contributed by atoms with Crippen molar-refractivity contribution in [2.45, 2.75) is 0 Å². The second-order valence-corrected chi connectivity index (χ2v) is 5.22. The number of benzene rings is 2. The number of amides is 1. The van der Waals surface area contributed by atoms with E-state index in [1.165, 1.54) is 0 Å². The van der Waals surface area contributed by atoms with Crippen LogP contribution >= 0.6 is 15.9 Å². The van der Waals surface area contributed by atoms with Gasteiger partial charge in [0.1, 0.15) is 5.58 Å². The Kier molecular flexibility index (Phi) is 3.20. The molecule has 0 atom stereocenters. The molecule has 4 nitrogen and oxygen atoms in total. The Balaban J connectivity index is 1.98. The summed E-state index contributed by atoms with van der Waals surface area (Å²) in [5.74, 6) is -0.233. The second kappa shape index (κ2) is 5.02. The number of para-hydroxylation sites is 1. The predicted octanol–water partition coefficient (Wildman–Crippen LogP) is 4.03. The number of nitrogen functional groups attached to an aromatic ring is 1. The maximum absolute atomic E-state index is 12.2. The number of halogens is 1. The highest BCUT2D eigenvalue weighted by molar-refractivity contribution is 9.10. The number of carbonyl (C=O) groups is 1. The van der Waals surface area contributed by atoms with E-state index in [1.54, 1.807) is 18.2 Å². The third-order valence-corrected chi connectivity index (χ3v) is 3.42. The summed E-state index contributed by atoms with van der Waals surface area (Å²) < 4.78 is 6.41.